The molecule has 1 saturated carbocycles. The standard InChI is InChI=1S/C20H21FN2O3S.C10H19NO.C2H6/c1-3-5-13(6-4-2)19-12-16-20(27-19)18(9-10-22-16)26-17-8-7-14(23(24)25)11-15(17)21;1-9(12)5-7-11-8-6-10-3-2-4-10;1-2/h5,7-9,11-12,22H,3-4,6,10H2,1-2H3;10-11H,2-8H2,1H3;1-2H3/b13-5+;;. The van der Waals surface area contributed by atoms with Gasteiger partial charge in [0.15, 0.2) is 11.6 Å². The third-order valence-corrected chi connectivity index (χ3v) is 8.00. The first-order valence-electron chi connectivity index (χ1n) is 14.9. The molecular formula is C32H46FN3O4S. The van der Waals surface area contributed by atoms with Crippen molar-refractivity contribution >= 4 is 39.8 Å². The van der Waals surface area contributed by atoms with Gasteiger partial charge in [0.2, 0.25) is 0 Å². The number of ether oxygens (including phenoxy) is 1. The van der Waals surface area contributed by atoms with Gasteiger partial charge < -0.3 is 15.4 Å². The molecule has 1 aliphatic heterocycles. The van der Waals surface area contributed by atoms with E-state index >= 15 is 0 Å². The van der Waals surface area contributed by atoms with Crippen molar-refractivity contribution < 1.29 is 18.8 Å². The molecule has 2 N–H and O–H groups in total. The first kappa shape index (κ1) is 34.2. The zero-order valence-electron chi connectivity index (χ0n) is 25.2. The number of thiophene rings is 1. The molecule has 9 heteroatoms. The van der Waals surface area contributed by atoms with Crippen molar-refractivity contribution in [2.45, 2.75) is 86.0 Å². The normalized spacial score (nSPS) is 14.2. The molecule has 2 heterocycles. The summed E-state index contributed by atoms with van der Waals surface area (Å²) in [5, 5.41) is 17.4. The third kappa shape index (κ3) is 11.0. The fourth-order valence-corrected chi connectivity index (χ4v) is 5.60. The number of nitro benzene ring substituents is 1. The quantitative estimate of drug-likeness (QED) is 0.138. The molecule has 41 heavy (non-hydrogen) atoms. The summed E-state index contributed by atoms with van der Waals surface area (Å²) < 4.78 is 20.0. The number of hydrogen-bond donors (Lipinski definition) is 2. The molecule has 0 radical (unpaired) electrons. The lowest BCUT2D eigenvalue weighted by atomic mass is 9.83. The number of carbonyl (C=O) groups excluding carboxylic acids is 1. The molecule has 0 amide bonds. The average Bonchev–Trinajstić information content (AvgIpc) is 3.37. The van der Waals surface area contributed by atoms with Crippen LogP contribution in [0, 0.1) is 21.8 Å². The van der Waals surface area contributed by atoms with E-state index in [-0.39, 0.29) is 17.2 Å². The van der Waals surface area contributed by atoms with E-state index in [2.05, 4.69) is 36.6 Å². The summed E-state index contributed by atoms with van der Waals surface area (Å²) in [6.45, 7) is 12.5. The van der Waals surface area contributed by atoms with Crippen molar-refractivity contribution in [3.05, 3.63) is 62.1 Å². The lowest BCUT2D eigenvalue weighted by Gasteiger charge is -2.25. The smallest absolute Gasteiger partial charge is 0.272 e. The predicted molar refractivity (Wildman–Crippen MR) is 169 cm³/mol. The van der Waals surface area contributed by atoms with Crippen LogP contribution >= 0.6 is 11.3 Å². The molecule has 2 aliphatic rings. The van der Waals surface area contributed by atoms with Crippen LogP contribution < -0.4 is 15.4 Å². The molecule has 1 aromatic carbocycles. The van der Waals surface area contributed by atoms with Gasteiger partial charge in [0.1, 0.15) is 11.5 Å². The number of non-ortho nitro benzene ring substituents is 1. The van der Waals surface area contributed by atoms with Crippen molar-refractivity contribution in [2.24, 2.45) is 5.92 Å². The van der Waals surface area contributed by atoms with E-state index in [4.69, 9.17) is 4.74 Å². The molecule has 1 aliphatic carbocycles. The second-order valence-electron chi connectivity index (χ2n) is 9.95. The second kappa shape index (κ2) is 18.4. The van der Waals surface area contributed by atoms with Gasteiger partial charge in [-0.1, -0.05) is 59.5 Å². The molecule has 0 atom stereocenters. The molecule has 1 aromatic heterocycles. The maximum atomic E-state index is 14.2. The fourth-order valence-electron chi connectivity index (χ4n) is 4.42. The Kier molecular flexibility index (Phi) is 15.3. The van der Waals surface area contributed by atoms with Crippen LogP contribution in [0.15, 0.2) is 36.4 Å². The minimum absolute atomic E-state index is 0.0208. The van der Waals surface area contributed by atoms with E-state index in [9.17, 15) is 19.3 Å². The number of allylic oxidation sites excluding steroid dienone is 2. The maximum absolute atomic E-state index is 14.2. The predicted octanol–water partition coefficient (Wildman–Crippen LogP) is 9.01. The fraction of sp³-hybridized carbons (Fsp3) is 0.531. The minimum Gasteiger partial charge on any atom is -0.453 e. The number of ketones is 1. The summed E-state index contributed by atoms with van der Waals surface area (Å²) in [4.78, 5) is 22.8. The number of halogens is 1. The number of anilines is 1. The summed E-state index contributed by atoms with van der Waals surface area (Å²) >= 11 is 1.61. The van der Waals surface area contributed by atoms with Crippen LogP contribution in [0.3, 0.4) is 0 Å². The van der Waals surface area contributed by atoms with Gasteiger partial charge in [0.05, 0.1) is 21.6 Å². The van der Waals surface area contributed by atoms with Gasteiger partial charge in [-0.25, -0.2) is 4.39 Å². The van der Waals surface area contributed by atoms with Gasteiger partial charge >= 0.3 is 0 Å². The van der Waals surface area contributed by atoms with E-state index in [0.717, 1.165) is 54.9 Å². The van der Waals surface area contributed by atoms with Crippen molar-refractivity contribution in [3.8, 4) is 5.75 Å². The molecule has 0 unspecified atom stereocenters. The Morgan fingerprint density at radius 3 is 2.56 bits per heavy atom. The highest BCUT2D eigenvalue weighted by atomic mass is 32.1. The zero-order valence-corrected chi connectivity index (χ0v) is 26.0. The number of nitrogens with zero attached hydrogens (tertiary/aromatic N) is 1. The Morgan fingerprint density at radius 1 is 1.22 bits per heavy atom. The van der Waals surface area contributed by atoms with E-state index < -0.39 is 10.7 Å². The lowest BCUT2D eigenvalue weighted by Crippen LogP contribution is -2.23. The van der Waals surface area contributed by atoms with Gasteiger partial charge in [-0.05, 0) is 62.4 Å². The molecule has 2 aromatic rings. The summed E-state index contributed by atoms with van der Waals surface area (Å²) in [7, 11) is 0. The number of nitrogens with one attached hydrogen (secondary N) is 2. The van der Waals surface area contributed by atoms with Gasteiger partial charge in [-0.3, -0.25) is 14.9 Å². The highest BCUT2D eigenvalue weighted by molar-refractivity contribution is 7.14. The van der Waals surface area contributed by atoms with Crippen LogP contribution in [-0.4, -0.2) is 30.3 Å². The molecule has 0 bridgehead atoms. The SMILES string of the molecule is CC.CC(=O)CCNCCC1CCC1.CC/C=C(\CCC)c1cc2c(s1)C(Oc1ccc([N+](=O)[O-])cc1F)=CCN2. The van der Waals surface area contributed by atoms with E-state index in [0.29, 0.717) is 18.7 Å². The zero-order chi connectivity index (χ0) is 30.2. The maximum Gasteiger partial charge on any atom is 0.272 e. The molecule has 0 saturated heterocycles. The van der Waals surface area contributed by atoms with Crippen molar-refractivity contribution in [1.29, 1.82) is 0 Å². The molecular weight excluding hydrogens is 541 g/mol. The molecule has 226 valence electrons. The van der Waals surface area contributed by atoms with Crippen LogP contribution in [0.4, 0.5) is 15.8 Å². The molecule has 0 spiro atoms. The molecule has 4 rings (SSSR count). The lowest BCUT2D eigenvalue weighted by molar-refractivity contribution is -0.385. The number of carbonyl (C=O) groups is 1. The van der Waals surface area contributed by atoms with Crippen LogP contribution in [0.5, 0.6) is 5.75 Å². The monoisotopic (exact) mass is 587 g/mol. The highest BCUT2D eigenvalue weighted by Gasteiger charge is 2.21. The van der Waals surface area contributed by atoms with Crippen molar-refractivity contribution in [3.63, 3.8) is 0 Å². The third-order valence-electron chi connectivity index (χ3n) is 6.78. The highest BCUT2D eigenvalue weighted by Crippen LogP contribution is 2.41. The minimum atomic E-state index is -0.750. The van der Waals surface area contributed by atoms with Gasteiger partial charge in [0, 0.05) is 30.5 Å². The number of Topliss-reactive ketones (excluding diaryl/α,β-unsaturated/α-hetero) is 1. The first-order chi connectivity index (χ1) is 19.8. The number of nitro groups is 1. The largest absolute Gasteiger partial charge is 0.453 e. The van der Waals surface area contributed by atoms with Crippen molar-refractivity contribution in [1.82, 2.24) is 5.32 Å². The summed E-state index contributed by atoms with van der Waals surface area (Å²) in [5.41, 5.74) is 1.97. The van der Waals surface area contributed by atoms with Gasteiger partial charge in [-0.2, -0.15) is 0 Å². The number of hydrogen-bond acceptors (Lipinski definition) is 7. The number of fused-ring (bicyclic) bond motifs is 1. The average molecular weight is 588 g/mol. The Balaban J connectivity index is 0.000000352. The number of rotatable bonds is 13. The topological polar surface area (TPSA) is 93.5 Å². The summed E-state index contributed by atoms with van der Waals surface area (Å²) in [6.07, 6.45) is 13.4. The Morgan fingerprint density at radius 2 is 1.98 bits per heavy atom. The van der Waals surface area contributed by atoms with Gasteiger partial charge in [-0.15, -0.1) is 11.3 Å². The van der Waals surface area contributed by atoms with E-state index in [1.807, 2.05) is 19.9 Å². The molecule has 7 nitrogen and oxygen atoms in total. The van der Waals surface area contributed by atoms with Crippen LogP contribution in [0.2, 0.25) is 0 Å². The van der Waals surface area contributed by atoms with Gasteiger partial charge in [0.25, 0.3) is 5.69 Å². The van der Waals surface area contributed by atoms with Crippen LogP contribution in [-0.2, 0) is 4.79 Å². The Labute approximate surface area is 248 Å². The number of benzene rings is 1. The summed E-state index contributed by atoms with van der Waals surface area (Å²) in [6, 6.07) is 5.52. The van der Waals surface area contributed by atoms with Crippen LogP contribution in [0.25, 0.3) is 11.3 Å². The van der Waals surface area contributed by atoms with E-state index in [1.54, 1.807) is 18.3 Å². The van der Waals surface area contributed by atoms with E-state index in [1.165, 1.54) is 48.3 Å². The molecule has 1 fully saturated rings. The Hall–Kier alpha value is -3.04. The summed E-state index contributed by atoms with van der Waals surface area (Å²) in [5.74, 6) is 1.06. The Bertz CT molecular complexity index is 1190. The van der Waals surface area contributed by atoms with Crippen LogP contribution in [0.1, 0.15) is 95.7 Å². The van der Waals surface area contributed by atoms with Crippen molar-refractivity contribution in [2.75, 3.05) is 25.0 Å². The second-order valence-corrected chi connectivity index (χ2v) is 11.0. The first-order valence-corrected chi connectivity index (χ1v) is 15.7.